The number of aryl methyl sites for hydroxylation is 1. The van der Waals surface area contributed by atoms with E-state index in [2.05, 4.69) is 13.5 Å². The molecule has 39 heavy (non-hydrogen) atoms. The molecule has 0 saturated carbocycles. The summed E-state index contributed by atoms with van der Waals surface area (Å²) in [4.78, 5) is 0. The third-order valence-electron chi connectivity index (χ3n) is 7.48. The van der Waals surface area contributed by atoms with Crippen LogP contribution in [0.25, 0.3) is 22.3 Å². The first-order valence-corrected chi connectivity index (χ1v) is 14.2. The third kappa shape index (κ3) is 7.61. The molecule has 0 atom stereocenters. The molecule has 0 unspecified atom stereocenters. The van der Waals surface area contributed by atoms with Crippen LogP contribution < -0.4 is 0 Å². The molecule has 2 nitrogen and oxygen atoms in total. The molecule has 0 amide bonds. The lowest BCUT2D eigenvalue weighted by atomic mass is 9.97. The van der Waals surface area contributed by atoms with E-state index >= 15 is 4.39 Å². The Labute approximate surface area is 230 Å². The van der Waals surface area contributed by atoms with Crippen LogP contribution in [0.2, 0.25) is 0 Å². The van der Waals surface area contributed by atoms with Crippen LogP contribution in [0.3, 0.4) is 0 Å². The van der Waals surface area contributed by atoms with Crippen molar-refractivity contribution in [3.05, 3.63) is 95.8 Å². The van der Waals surface area contributed by atoms with Gasteiger partial charge in [0.2, 0.25) is 0 Å². The minimum absolute atomic E-state index is 0.214. The van der Waals surface area contributed by atoms with E-state index in [1.54, 1.807) is 42.5 Å². The summed E-state index contributed by atoms with van der Waals surface area (Å²) in [5.41, 5.74) is 3.03. The highest BCUT2D eigenvalue weighted by atomic mass is 19.2. The highest BCUT2D eigenvalue weighted by Gasteiger charge is 2.25. The molecule has 5 heteroatoms. The van der Waals surface area contributed by atoms with E-state index in [-0.39, 0.29) is 11.4 Å². The Hall–Kier alpha value is -2.89. The van der Waals surface area contributed by atoms with Gasteiger partial charge in [0.15, 0.2) is 17.9 Å². The molecule has 1 heterocycles. The van der Waals surface area contributed by atoms with Gasteiger partial charge in [-0.15, -0.1) is 6.58 Å². The Morgan fingerprint density at radius 1 is 0.795 bits per heavy atom. The highest BCUT2D eigenvalue weighted by Crippen LogP contribution is 2.33. The molecule has 208 valence electrons. The Kier molecular flexibility index (Phi) is 10.8. The zero-order valence-corrected chi connectivity index (χ0v) is 22.9. The number of unbranched alkanes of at least 4 members (excludes halogenated alkanes) is 5. The second kappa shape index (κ2) is 14.5. The summed E-state index contributed by atoms with van der Waals surface area (Å²) in [5, 5.41) is 0. The Bertz CT molecular complexity index is 1210. The minimum atomic E-state index is -0.838. The zero-order chi connectivity index (χ0) is 27.6. The van der Waals surface area contributed by atoms with Crippen LogP contribution in [-0.2, 0) is 15.9 Å². The molecule has 1 aliphatic rings. The summed E-state index contributed by atoms with van der Waals surface area (Å²) < 4.78 is 56.3. The van der Waals surface area contributed by atoms with Gasteiger partial charge >= 0.3 is 0 Å². The smallest absolute Gasteiger partial charge is 0.186 e. The molecule has 0 N–H and O–H groups in total. The first kappa shape index (κ1) is 29.1. The highest BCUT2D eigenvalue weighted by molar-refractivity contribution is 5.71. The fraction of sp³-hybridized carbons (Fsp3) is 0.412. The molecule has 1 aliphatic heterocycles. The Balaban J connectivity index is 1.38. The van der Waals surface area contributed by atoms with E-state index in [0.29, 0.717) is 47.8 Å². The van der Waals surface area contributed by atoms with Crippen LogP contribution >= 0.6 is 0 Å². The first-order chi connectivity index (χ1) is 19.0. The monoisotopic (exact) mass is 536 g/mol. The Morgan fingerprint density at radius 2 is 1.51 bits per heavy atom. The average Bonchev–Trinajstić information content (AvgIpc) is 2.96. The molecular formula is C34H39F3O2. The maximum absolute atomic E-state index is 15.1. The number of rotatable bonds is 13. The summed E-state index contributed by atoms with van der Waals surface area (Å²) >= 11 is 0. The van der Waals surface area contributed by atoms with Crippen LogP contribution in [0, 0.1) is 23.4 Å². The van der Waals surface area contributed by atoms with Crippen LogP contribution in [0.15, 0.2) is 67.3 Å². The maximum atomic E-state index is 15.1. The third-order valence-corrected chi connectivity index (χ3v) is 7.48. The van der Waals surface area contributed by atoms with Gasteiger partial charge in [-0.3, -0.25) is 0 Å². The second-order valence-corrected chi connectivity index (χ2v) is 10.5. The normalized spacial score (nSPS) is 17.3. The topological polar surface area (TPSA) is 18.5 Å². The van der Waals surface area contributed by atoms with Crippen molar-refractivity contribution >= 4 is 0 Å². The molecule has 4 rings (SSSR count). The molecule has 1 saturated heterocycles. The number of ether oxygens (including phenoxy) is 2. The van der Waals surface area contributed by atoms with E-state index in [4.69, 9.17) is 9.47 Å². The van der Waals surface area contributed by atoms with Crippen LogP contribution in [0.4, 0.5) is 13.2 Å². The van der Waals surface area contributed by atoms with Gasteiger partial charge in [0.25, 0.3) is 0 Å². The minimum Gasteiger partial charge on any atom is -0.348 e. The van der Waals surface area contributed by atoms with Crippen molar-refractivity contribution in [3.8, 4) is 22.3 Å². The van der Waals surface area contributed by atoms with Gasteiger partial charge in [0, 0.05) is 17.0 Å². The quantitative estimate of drug-likeness (QED) is 0.160. The van der Waals surface area contributed by atoms with Crippen molar-refractivity contribution in [2.24, 2.45) is 5.92 Å². The van der Waals surface area contributed by atoms with Gasteiger partial charge in [-0.1, -0.05) is 87.2 Å². The molecule has 0 bridgehead atoms. The zero-order valence-electron chi connectivity index (χ0n) is 22.9. The number of hydrogen-bond acceptors (Lipinski definition) is 2. The largest absolute Gasteiger partial charge is 0.348 e. The van der Waals surface area contributed by atoms with Crippen LogP contribution in [0.1, 0.15) is 75.7 Å². The van der Waals surface area contributed by atoms with Crippen molar-refractivity contribution < 1.29 is 22.6 Å². The number of allylic oxidation sites excluding steroid dienone is 1. The predicted octanol–water partition coefficient (Wildman–Crippen LogP) is 9.97. The molecule has 1 fully saturated rings. The van der Waals surface area contributed by atoms with Crippen molar-refractivity contribution in [3.63, 3.8) is 0 Å². The van der Waals surface area contributed by atoms with Crippen LogP contribution in [0.5, 0.6) is 0 Å². The van der Waals surface area contributed by atoms with Gasteiger partial charge in [0.1, 0.15) is 5.82 Å². The lowest BCUT2D eigenvalue weighted by Gasteiger charge is -2.30. The predicted molar refractivity (Wildman–Crippen MR) is 152 cm³/mol. The van der Waals surface area contributed by atoms with Gasteiger partial charge in [0.05, 0.1) is 13.2 Å². The summed E-state index contributed by atoms with van der Waals surface area (Å²) in [6, 6.07) is 15.3. The van der Waals surface area contributed by atoms with Gasteiger partial charge in [-0.25, -0.2) is 13.2 Å². The summed E-state index contributed by atoms with van der Waals surface area (Å²) in [5.74, 6) is -1.66. The Morgan fingerprint density at radius 3 is 2.21 bits per heavy atom. The van der Waals surface area contributed by atoms with Gasteiger partial charge in [-0.2, -0.15) is 0 Å². The lowest BCUT2D eigenvalue weighted by Crippen LogP contribution is -2.27. The second-order valence-electron chi connectivity index (χ2n) is 10.5. The molecule has 0 radical (unpaired) electrons. The summed E-state index contributed by atoms with van der Waals surface area (Å²) in [6.07, 6.45) is 10.1. The van der Waals surface area contributed by atoms with Crippen molar-refractivity contribution in [2.75, 3.05) is 13.2 Å². The van der Waals surface area contributed by atoms with Gasteiger partial charge in [-0.05, 0) is 60.4 Å². The molecule has 0 spiro atoms. The van der Waals surface area contributed by atoms with E-state index < -0.39 is 17.9 Å². The van der Waals surface area contributed by atoms with E-state index in [0.717, 1.165) is 31.2 Å². The molecule has 0 aliphatic carbocycles. The molecule has 3 aromatic rings. The van der Waals surface area contributed by atoms with E-state index in [1.165, 1.54) is 31.7 Å². The molecule has 3 aromatic carbocycles. The number of benzene rings is 3. The standard InChI is InChI=1S/C34H39F3O2/c1-3-5-7-9-11-24-22-38-34(39-23-24)30-20-18-28(21-31(30)35)25-13-15-26(16-14-25)29-19-17-27(32(36)33(29)37)12-10-8-6-4-2/h4,13-21,24,34H,2-3,5-12,22-23H2,1H3. The molecular weight excluding hydrogens is 497 g/mol. The van der Waals surface area contributed by atoms with E-state index in [1.807, 2.05) is 12.1 Å². The van der Waals surface area contributed by atoms with Crippen molar-refractivity contribution in [1.29, 1.82) is 0 Å². The van der Waals surface area contributed by atoms with Crippen LogP contribution in [-0.4, -0.2) is 13.2 Å². The SMILES string of the molecule is C=CCCCCc1ccc(-c2ccc(-c3ccc(C4OCC(CCCCCC)CO4)c(F)c3)cc2)c(F)c1F. The average molecular weight is 537 g/mol. The first-order valence-electron chi connectivity index (χ1n) is 14.2. The fourth-order valence-electron chi connectivity index (χ4n) is 5.10. The summed E-state index contributed by atoms with van der Waals surface area (Å²) in [6.45, 7) is 7.04. The van der Waals surface area contributed by atoms with Gasteiger partial charge < -0.3 is 9.47 Å². The summed E-state index contributed by atoms with van der Waals surface area (Å²) in [7, 11) is 0. The number of halogens is 3. The van der Waals surface area contributed by atoms with Crippen molar-refractivity contribution in [1.82, 2.24) is 0 Å². The maximum Gasteiger partial charge on any atom is 0.186 e. The fourth-order valence-corrected chi connectivity index (χ4v) is 5.10. The van der Waals surface area contributed by atoms with E-state index in [9.17, 15) is 8.78 Å². The lowest BCUT2D eigenvalue weighted by molar-refractivity contribution is -0.207. The molecule has 0 aromatic heterocycles. The van der Waals surface area contributed by atoms with Crippen molar-refractivity contribution in [2.45, 2.75) is 71.0 Å². The number of hydrogen-bond donors (Lipinski definition) is 0.